The van der Waals surface area contributed by atoms with E-state index < -0.39 is 30.1 Å². The minimum atomic E-state index is -1.19. The Hall–Kier alpha value is -4.33. The standard InChI is InChI=1S/C27H26N2O6/c1-16(26(32)33)28-25(31)24(14-17-10-12-18(30)13-11-17)29-27(34)35-15-23-21-8-4-2-6-19(21)20-7-3-5-9-22(20)23/h2-13,16,23-24,30H,14-15H2,1H3,(H,28,31)(H,29,34)(H,32,33)/t16-,24?/m0/s1. The van der Waals surface area contributed by atoms with E-state index in [1.165, 1.54) is 19.1 Å². The molecule has 1 aliphatic carbocycles. The Balaban J connectivity index is 1.46. The zero-order chi connectivity index (χ0) is 24.9. The van der Waals surface area contributed by atoms with Crippen molar-refractivity contribution in [2.45, 2.75) is 31.3 Å². The van der Waals surface area contributed by atoms with Crippen LogP contribution in [0.25, 0.3) is 11.1 Å². The number of nitrogens with one attached hydrogen (secondary N) is 2. The van der Waals surface area contributed by atoms with Crippen LogP contribution in [-0.4, -0.2) is 46.9 Å². The van der Waals surface area contributed by atoms with E-state index in [2.05, 4.69) is 10.6 Å². The van der Waals surface area contributed by atoms with Crippen molar-refractivity contribution in [1.29, 1.82) is 0 Å². The molecule has 1 aliphatic rings. The number of alkyl carbamates (subject to hydrolysis) is 1. The van der Waals surface area contributed by atoms with Gasteiger partial charge in [0.2, 0.25) is 5.91 Å². The summed E-state index contributed by atoms with van der Waals surface area (Å²) in [5.41, 5.74) is 5.00. The topological polar surface area (TPSA) is 125 Å². The molecule has 4 rings (SSSR count). The van der Waals surface area contributed by atoms with Crippen LogP contribution in [0, 0.1) is 0 Å². The molecule has 180 valence electrons. The minimum absolute atomic E-state index is 0.0683. The molecule has 35 heavy (non-hydrogen) atoms. The lowest BCUT2D eigenvalue weighted by Gasteiger charge is -2.21. The van der Waals surface area contributed by atoms with Gasteiger partial charge in [-0.2, -0.15) is 0 Å². The third kappa shape index (κ3) is 5.43. The van der Waals surface area contributed by atoms with Gasteiger partial charge in [-0.25, -0.2) is 4.79 Å². The number of carboxylic acid groups (broad SMARTS) is 1. The van der Waals surface area contributed by atoms with Gasteiger partial charge in [0, 0.05) is 12.3 Å². The second kappa shape index (κ2) is 10.3. The lowest BCUT2D eigenvalue weighted by molar-refractivity contribution is -0.141. The molecule has 0 saturated carbocycles. The quantitative estimate of drug-likeness (QED) is 0.396. The summed E-state index contributed by atoms with van der Waals surface area (Å²) in [6, 6.07) is 19.9. The van der Waals surface area contributed by atoms with E-state index in [1.54, 1.807) is 12.1 Å². The summed E-state index contributed by atoms with van der Waals surface area (Å²) < 4.78 is 5.54. The molecule has 0 aliphatic heterocycles. The number of hydrogen-bond donors (Lipinski definition) is 4. The SMILES string of the molecule is C[C@H](NC(=O)C(Cc1ccc(O)cc1)NC(=O)OCC1c2ccccc2-c2ccccc21)C(=O)O. The Morgan fingerprint density at radius 2 is 1.46 bits per heavy atom. The second-order valence-electron chi connectivity index (χ2n) is 8.46. The van der Waals surface area contributed by atoms with Crippen LogP contribution in [0.2, 0.25) is 0 Å². The van der Waals surface area contributed by atoms with Crippen molar-refractivity contribution < 1.29 is 29.3 Å². The van der Waals surface area contributed by atoms with Crippen molar-refractivity contribution >= 4 is 18.0 Å². The fourth-order valence-electron chi connectivity index (χ4n) is 4.24. The third-order valence-corrected chi connectivity index (χ3v) is 6.06. The highest BCUT2D eigenvalue weighted by molar-refractivity contribution is 5.89. The second-order valence-corrected chi connectivity index (χ2v) is 8.46. The van der Waals surface area contributed by atoms with E-state index in [9.17, 15) is 19.5 Å². The molecule has 2 atom stereocenters. The first-order valence-electron chi connectivity index (χ1n) is 11.3. The van der Waals surface area contributed by atoms with Crippen LogP contribution in [0.1, 0.15) is 29.5 Å². The monoisotopic (exact) mass is 474 g/mol. The molecule has 0 radical (unpaired) electrons. The van der Waals surface area contributed by atoms with Crippen LogP contribution in [0.15, 0.2) is 72.8 Å². The van der Waals surface area contributed by atoms with Gasteiger partial charge < -0.3 is 25.6 Å². The van der Waals surface area contributed by atoms with Crippen LogP contribution in [0.5, 0.6) is 5.75 Å². The van der Waals surface area contributed by atoms with Gasteiger partial charge in [0.1, 0.15) is 24.4 Å². The van der Waals surface area contributed by atoms with Crippen LogP contribution in [0.4, 0.5) is 4.79 Å². The van der Waals surface area contributed by atoms with Crippen LogP contribution < -0.4 is 10.6 Å². The largest absolute Gasteiger partial charge is 0.508 e. The van der Waals surface area contributed by atoms with Crippen molar-refractivity contribution in [3.8, 4) is 16.9 Å². The zero-order valence-corrected chi connectivity index (χ0v) is 19.1. The number of carbonyl (C=O) groups is 3. The first-order chi connectivity index (χ1) is 16.8. The fraction of sp³-hybridized carbons (Fsp3) is 0.222. The van der Waals surface area contributed by atoms with E-state index in [0.717, 1.165) is 22.3 Å². The number of aromatic hydroxyl groups is 1. The minimum Gasteiger partial charge on any atom is -0.508 e. The van der Waals surface area contributed by atoms with E-state index in [0.29, 0.717) is 5.56 Å². The predicted octanol–water partition coefficient (Wildman–Crippen LogP) is 3.43. The van der Waals surface area contributed by atoms with Gasteiger partial charge in [0.25, 0.3) is 0 Å². The molecule has 0 saturated heterocycles. The van der Waals surface area contributed by atoms with E-state index in [1.807, 2.05) is 48.5 Å². The Bertz CT molecular complexity index is 1190. The van der Waals surface area contributed by atoms with Gasteiger partial charge in [0.05, 0.1) is 0 Å². The first-order valence-corrected chi connectivity index (χ1v) is 11.3. The molecule has 0 spiro atoms. The molecule has 1 unspecified atom stereocenters. The number of benzene rings is 3. The molecule has 2 amide bonds. The van der Waals surface area contributed by atoms with Crippen molar-refractivity contribution in [2.75, 3.05) is 6.61 Å². The highest BCUT2D eigenvalue weighted by Crippen LogP contribution is 2.44. The number of ether oxygens (including phenoxy) is 1. The summed E-state index contributed by atoms with van der Waals surface area (Å²) in [5, 5.41) is 23.6. The Morgan fingerprint density at radius 3 is 2.03 bits per heavy atom. The third-order valence-electron chi connectivity index (χ3n) is 6.06. The number of phenolic OH excluding ortho intramolecular Hbond substituents is 1. The van der Waals surface area contributed by atoms with Crippen LogP contribution in [-0.2, 0) is 20.7 Å². The number of amides is 2. The Kier molecular flexibility index (Phi) is 7.01. The summed E-state index contributed by atoms with van der Waals surface area (Å²) in [6.45, 7) is 1.42. The summed E-state index contributed by atoms with van der Waals surface area (Å²) >= 11 is 0. The molecular formula is C27H26N2O6. The van der Waals surface area contributed by atoms with Gasteiger partial charge in [0.15, 0.2) is 0 Å². The van der Waals surface area contributed by atoms with Crippen molar-refractivity contribution in [3.63, 3.8) is 0 Å². The summed E-state index contributed by atoms with van der Waals surface area (Å²) in [7, 11) is 0. The average molecular weight is 475 g/mol. The van der Waals surface area contributed by atoms with Crippen molar-refractivity contribution in [2.24, 2.45) is 0 Å². The summed E-state index contributed by atoms with van der Waals surface area (Å²) in [6.07, 6.45) is -0.698. The molecule has 4 N–H and O–H groups in total. The maximum atomic E-state index is 12.8. The number of phenols is 1. The summed E-state index contributed by atoms with van der Waals surface area (Å²) in [4.78, 5) is 36.7. The molecule has 3 aromatic rings. The Labute approximate surface area is 202 Å². The van der Waals surface area contributed by atoms with Gasteiger partial charge in [-0.3, -0.25) is 9.59 Å². The molecule has 0 aromatic heterocycles. The van der Waals surface area contributed by atoms with Gasteiger partial charge >= 0.3 is 12.1 Å². The van der Waals surface area contributed by atoms with E-state index >= 15 is 0 Å². The maximum Gasteiger partial charge on any atom is 0.407 e. The van der Waals surface area contributed by atoms with Gasteiger partial charge in [-0.1, -0.05) is 60.7 Å². The molecular weight excluding hydrogens is 448 g/mol. The van der Waals surface area contributed by atoms with E-state index in [4.69, 9.17) is 9.84 Å². The molecule has 0 fully saturated rings. The molecule has 8 heteroatoms. The Morgan fingerprint density at radius 1 is 0.886 bits per heavy atom. The highest BCUT2D eigenvalue weighted by Gasteiger charge is 2.30. The predicted molar refractivity (Wildman–Crippen MR) is 129 cm³/mol. The lowest BCUT2D eigenvalue weighted by Crippen LogP contribution is -2.51. The molecule has 0 bridgehead atoms. The average Bonchev–Trinajstić information content (AvgIpc) is 3.17. The molecule has 0 heterocycles. The first kappa shape index (κ1) is 23.8. The van der Waals surface area contributed by atoms with Crippen LogP contribution in [0.3, 0.4) is 0 Å². The van der Waals surface area contributed by atoms with Crippen molar-refractivity contribution in [1.82, 2.24) is 10.6 Å². The number of rotatable bonds is 8. The number of carboxylic acids is 1. The number of fused-ring (bicyclic) bond motifs is 3. The summed E-state index contributed by atoms with van der Waals surface area (Å²) in [5.74, 6) is -1.91. The van der Waals surface area contributed by atoms with E-state index in [-0.39, 0.29) is 24.7 Å². The fourth-order valence-corrected chi connectivity index (χ4v) is 4.24. The van der Waals surface area contributed by atoms with Gasteiger partial charge in [-0.05, 0) is 46.9 Å². The highest BCUT2D eigenvalue weighted by atomic mass is 16.5. The molecule has 8 nitrogen and oxygen atoms in total. The molecule has 3 aromatic carbocycles. The number of hydrogen-bond acceptors (Lipinski definition) is 5. The van der Waals surface area contributed by atoms with Crippen molar-refractivity contribution in [3.05, 3.63) is 89.5 Å². The van der Waals surface area contributed by atoms with Gasteiger partial charge in [-0.15, -0.1) is 0 Å². The lowest BCUT2D eigenvalue weighted by atomic mass is 9.98. The normalized spacial score (nSPS) is 13.7. The number of aliphatic carboxylic acids is 1. The maximum absolute atomic E-state index is 12.8. The van der Waals surface area contributed by atoms with Crippen LogP contribution >= 0.6 is 0 Å². The zero-order valence-electron chi connectivity index (χ0n) is 19.1. The number of carbonyl (C=O) groups excluding carboxylic acids is 2. The smallest absolute Gasteiger partial charge is 0.407 e.